The van der Waals surface area contributed by atoms with E-state index < -0.39 is 0 Å². The number of nitrogens with zero attached hydrogens (tertiary/aromatic N) is 3. The molecule has 0 amide bonds. The second kappa shape index (κ2) is 4.87. The van der Waals surface area contributed by atoms with Crippen LogP contribution in [0.4, 0.5) is 5.82 Å². The van der Waals surface area contributed by atoms with Crippen LogP contribution in [0.1, 0.15) is 13.8 Å². The Morgan fingerprint density at radius 1 is 1.39 bits per heavy atom. The van der Waals surface area contributed by atoms with Gasteiger partial charge in [-0.2, -0.15) is 16.7 Å². The number of hydrogen-bond donors (Lipinski definition) is 0. The standard InChI is InChI=1S/C12H14ClN3S2/c1-7-8(2)17-6-4-16(7)11-10-9(3-5-18-10)14-12(13)15-11/h3,5,7-8H,4,6H2,1-2H3. The highest BCUT2D eigenvalue weighted by molar-refractivity contribution is 8.00. The molecule has 0 spiro atoms. The van der Waals surface area contributed by atoms with Crippen LogP contribution in [0.3, 0.4) is 0 Å². The van der Waals surface area contributed by atoms with Gasteiger partial charge in [0.25, 0.3) is 0 Å². The van der Waals surface area contributed by atoms with Crippen molar-refractivity contribution in [3.05, 3.63) is 16.7 Å². The Morgan fingerprint density at radius 3 is 3.06 bits per heavy atom. The zero-order valence-electron chi connectivity index (χ0n) is 10.3. The van der Waals surface area contributed by atoms with Crippen molar-refractivity contribution < 1.29 is 0 Å². The van der Waals surface area contributed by atoms with E-state index in [0.29, 0.717) is 16.6 Å². The molecule has 0 bridgehead atoms. The highest BCUT2D eigenvalue weighted by Crippen LogP contribution is 2.35. The third-order valence-electron chi connectivity index (χ3n) is 3.41. The third kappa shape index (κ3) is 2.08. The smallest absolute Gasteiger partial charge is 0.224 e. The Hall–Kier alpha value is -0.520. The molecule has 96 valence electrons. The Labute approximate surface area is 120 Å². The Morgan fingerprint density at radius 2 is 2.22 bits per heavy atom. The summed E-state index contributed by atoms with van der Waals surface area (Å²) in [6.45, 7) is 5.55. The molecular weight excluding hydrogens is 286 g/mol. The number of thioether (sulfide) groups is 1. The lowest BCUT2D eigenvalue weighted by molar-refractivity contribution is 0.622. The summed E-state index contributed by atoms with van der Waals surface area (Å²) in [6.07, 6.45) is 0. The number of aromatic nitrogens is 2. The van der Waals surface area contributed by atoms with E-state index >= 15 is 0 Å². The van der Waals surface area contributed by atoms with Crippen LogP contribution in [0.15, 0.2) is 11.4 Å². The lowest BCUT2D eigenvalue weighted by Gasteiger charge is -2.38. The first kappa shape index (κ1) is 12.5. The van der Waals surface area contributed by atoms with E-state index in [2.05, 4.69) is 28.7 Å². The van der Waals surface area contributed by atoms with E-state index in [4.69, 9.17) is 11.6 Å². The van der Waals surface area contributed by atoms with Gasteiger partial charge in [-0.15, -0.1) is 11.3 Å². The van der Waals surface area contributed by atoms with Gasteiger partial charge in [0.2, 0.25) is 5.28 Å². The summed E-state index contributed by atoms with van der Waals surface area (Å²) in [4.78, 5) is 11.1. The molecule has 0 saturated carbocycles. The summed E-state index contributed by atoms with van der Waals surface area (Å²) < 4.78 is 1.14. The molecule has 18 heavy (non-hydrogen) atoms. The van der Waals surface area contributed by atoms with Crippen molar-refractivity contribution in [2.45, 2.75) is 25.1 Å². The fraction of sp³-hybridized carbons (Fsp3) is 0.500. The van der Waals surface area contributed by atoms with Crippen LogP contribution < -0.4 is 4.90 Å². The molecule has 3 heterocycles. The molecular formula is C12H14ClN3S2. The SMILES string of the molecule is CC1SCCN(c2nc(Cl)nc3ccsc23)C1C. The van der Waals surface area contributed by atoms with Crippen molar-refractivity contribution in [2.24, 2.45) is 0 Å². The van der Waals surface area contributed by atoms with Crippen molar-refractivity contribution in [1.82, 2.24) is 9.97 Å². The molecule has 0 N–H and O–H groups in total. The van der Waals surface area contributed by atoms with E-state index in [1.807, 2.05) is 23.2 Å². The first-order chi connectivity index (χ1) is 8.66. The minimum atomic E-state index is 0.342. The molecule has 2 aromatic rings. The van der Waals surface area contributed by atoms with E-state index in [1.54, 1.807) is 11.3 Å². The highest BCUT2D eigenvalue weighted by Gasteiger charge is 2.28. The third-order valence-corrected chi connectivity index (χ3v) is 5.82. The fourth-order valence-corrected chi connectivity index (χ4v) is 4.35. The summed E-state index contributed by atoms with van der Waals surface area (Å²) in [5.41, 5.74) is 0.952. The minimum absolute atomic E-state index is 0.342. The first-order valence-electron chi connectivity index (χ1n) is 5.96. The van der Waals surface area contributed by atoms with Crippen LogP contribution in [0.2, 0.25) is 5.28 Å². The lowest BCUT2D eigenvalue weighted by Crippen LogP contribution is -2.45. The molecule has 2 atom stereocenters. The van der Waals surface area contributed by atoms with E-state index in [9.17, 15) is 0 Å². The van der Waals surface area contributed by atoms with Crippen LogP contribution in [0.25, 0.3) is 10.2 Å². The van der Waals surface area contributed by atoms with Gasteiger partial charge in [0.15, 0.2) is 5.82 Å². The number of thiophene rings is 1. The Bertz CT molecular complexity index is 571. The maximum atomic E-state index is 6.03. The largest absolute Gasteiger partial charge is 0.351 e. The van der Waals surface area contributed by atoms with Gasteiger partial charge in [0.1, 0.15) is 0 Å². The summed E-state index contributed by atoms with van der Waals surface area (Å²) in [6, 6.07) is 2.48. The summed E-state index contributed by atoms with van der Waals surface area (Å²) >= 11 is 9.74. The van der Waals surface area contributed by atoms with Crippen molar-refractivity contribution in [2.75, 3.05) is 17.2 Å². The number of fused-ring (bicyclic) bond motifs is 1. The van der Waals surface area contributed by atoms with Gasteiger partial charge in [-0.25, -0.2) is 4.98 Å². The van der Waals surface area contributed by atoms with Crippen LogP contribution >= 0.6 is 34.7 Å². The summed E-state index contributed by atoms with van der Waals surface area (Å²) in [5, 5.41) is 3.00. The topological polar surface area (TPSA) is 29.0 Å². The van der Waals surface area contributed by atoms with Crippen LogP contribution in [-0.4, -0.2) is 33.6 Å². The molecule has 3 nitrogen and oxygen atoms in total. The Balaban J connectivity index is 2.10. The molecule has 1 aliphatic heterocycles. The normalized spacial score (nSPS) is 24.7. The van der Waals surface area contributed by atoms with Gasteiger partial charge < -0.3 is 4.90 Å². The molecule has 2 aromatic heterocycles. The zero-order valence-corrected chi connectivity index (χ0v) is 12.6. The molecule has 3 rings (SSSR count). The highest BCUT2D eigenvalue weighted by atomic mass is 35.5. The second-order valence-corrected chi connectivity index (χ2v) is 7.20. The lowest BCUT2D eigenvalue weighted by atomic mass is 10.2. The summed E-state index contributed by atoms with van der Waals surface area (Å²) in [5.74, 6) is 2.14. The van der Waals surface area contributed by atoms with Gasteiger partial charge >= 0.3 is 0 Å². The molecule has 1 aliphatic rings. The van der Waals surface area contributed by atoms with Crippen molar-refractivity contribution in [3.63, 3.8) is 0 Å². The number of halogens is 1. The predicted octanol–water partition coefficient (Wildman–Crippen LogP) is 3.67. The average Bonchev–Trinajstić information content (AvgIpc) is 2.79. The van der Waals surface area contributed by atoms with Crippen molar-refractivity contribution in [1.29, 1.82) is 0 Å². The van der Waals surface area contributed by atoms with E-state index in [0.717, 1.165) is 28.3 Å². The van der Waals surface area contributed by atoms with Gasteiger partial charge in [0, 0.05) is 23.6 Å². The maximum absolute atomic E-state index is 6.03. The van der Waals surface area contributed by atoms with Crippen molar-refractivity contribution >= 4 is 50.7 Å². The maximum Gasteiger partial charge on any atom is 0.224 e. The number of anilines is 1. The first-order valence-corrected chi connectivity index (χ1v) is 8.26. The molecule has 0 radical (unpaired) electrons. The second-order valence-electron chi connectivity index (χ2n) is 4.46. The van der Waals surface area contributed by atoms with Gasteiger partial charge in [-0.05, 0) is 30.0 Å². The molecule has 2 unspecified atom stereocenters. The van der Waals surface area contributed by atoms with Crippen LogP contribution in [0, 0.1) is 0 Å². The van der Waals surface area contributed by atoms with Crippen molar-refractivity contribution in [3.8, 4) is 0 Å². The fourth-order valence-electron chi connectivity index (χ4n) is 2.25. The molecule has 0 aliphatic carbocycles. The average molecular weight is 300 g/mol. The summed E-state index contributed by atoms with van der Waals surface area (Å²) in [7, 11) is 0. The van der Waals surface area contributed by atoms with Gasteiger partial charge in [-0.3, -0.25) is 0 Å². The zero-order chi connectivity index (χ0) is 12.7. The Kier molecular flexibility index (Phi) is 3.38. The monoisotopic (exact) mass is 299 g/mol. The van der Waals surface area contributed by atoms with Crippen LogP contribution in [-0.2, 0) is 0 Å². The number of hydrogen-bond acceptors (Lipinski definition) is 5. The van der Waals surface area contributed by atoms with Gasteiger partial charge in [-0.1, -0.05) is 6.92 Å². The molecule has 0 aromatic carbocycles. The molecule has 1 saturated heterocycles. The molecule has 1 fully saturated rings. The predicted molar refractivity (Wildman–Crippen MR) is 81.2 cm³/mol. The van der Waals surface area contributed by atoms with Gasteiger partial charge in [0.05, 0.1) is 10.2 Å². The van der Waals surface area contributed by atoms with Crippen LogP contribution in [0.5, 0.6) is 0 Å². The quantitative estimate of drug-likeness (QED) is 0.751. The van der Waals surface area contributed by atoms with E-state index in [-0.39, 0.29) is 0 Å². The number of rotatable bonds is 1. The van der Waals surface area contributed by atoms with E-state index in [1.165, 1.54) is 0 Å². The minimum Gasteiger partial charge on any atom is -0.351 e. The molecule has 6 heteroatoms.